The van der Waals surface area contributed by atoms with Crippen LogP contribution in [0.5, 0.6) is 5.75 Å². The fourth-order valence-electron chi connectivity index (χ4n) is 4.00. The van der Waals surface area contributed by atoms with E-state index in [0.717, 1.165) is 48.2 Å². The van der Waals surface area contributed by atoms with E-state index in [2.05, 4.69) is 18.1 Å². The molecule has 1 N–H and O–H groups in total. The Hall–Kier alpha value is -2.30. The summed E-state index contributed by atoms with van der Waals surface area (Å²) in [5.41, 5.74) is 8.01. The molecule has 1 aliphatic carbocycles. The molecule has 140 valence electrons. The molecule has 3 rings (SSSR count). The molecule has 0 fully saturated rings. The maximum Gasteiger partial charge on any atom is 0.307 e. The summed E-state index contributed by atoms with van der Waals surface area (Å²) in [6.07, 6.45) is 4.26. The zero-order chi connectivity index (χ0) is 18.8. The van der Waals surface area contributed by atoms with Gasteiger partial charge in [0.1, 0.15) is 5.75 Å². The largest absolute Gasteiger partial charge is 0.507 e. The lowest BCUT2D eigenvalue weighted by atomic mass is 9.93. The van der Waals surface area contributed by atoms with Crippen LogP contribution in [0.15, 0.2) is 6.07 Å². The number of phenolic OH excluding ortho intramolecular Hbond substituents is 1. The minimum absolute atomic E-state index is 0.186. The molecule has 5 nitrogen and oxygen atoms in total. The molecule has 0 bridgehead atoms. The van der Waals surface area contributed by atoms with Gasteiger partial charge in [-0.15, -0.1) is 0 Å². The molecule has 1 aliphatic rings. The second kappa shape index (κ2) is 7.52. The van der Waals surface area contributed by atoms with E-state index in [9.17, 15) is 9.90 Å². The normalized spacial score (nSPS) is 13.1. The summed E-state index contributed by atoms with van der Waals surface area (Å²) >= 11 is 0. The highest BCUT2D eigenvalue weighted by molar-refractivity contribution is 5.69. The van der Waals surface area contributed by atoms with E-state index in [1.54, 1.807) is 0 Å². The van der Waals surface area contributed by atoms with Crippen molar-refractivity contribution in [2.45, 2.75) is 66.3 Å². The van der Waals surface area contributed by atoms with Gasteiger partial charge in [0.15, 0.2) is 0 Å². The van der Waals surface area contributed by atoms with E-state index in [1.807, 2.05) is 25.5 Å². The fraction of sp³-hybridized carbons (Fsp3) is 0.524. The third kappa shape index (κ3) is 3.48. The van der Waals surface area contributed by atoms with Crippen molar-refractivity contribution in [1.29, 1.82) is 0 Å². The van der Waals surface area contributed by atoms with Crippen LogP contribution in [0, 0.1) is 20.8 Å². The molecule has 0 saturated carbocycles. The highest BCUT2D eigenvalue weighted by atomic mass is 16.5. The van der Waals surface area contributed by atoms with Gasteiger partial charge in [0.25, 0.3) is 0 Å². The number of hydrogen-bond donors (Lipinski definition) is 1. The zero-order valence-electron chi connectivity index (χ0n) is 16.2. The van der Waals surface area contributed by atoms with Gasteiger partial charge in [-0.3, -0.25) is 9.48 Å². The van der Waals surface area contributed by atoms with Gasteiger partial charge >= 0.3 is 5.97 Å². The third-order valence-corrected chi connectivity index (χ3v) is 5.39. The topological polar surface area (TPSA) is 64.4 Å². The van der Waals surface area contributed by atoms with Crippen molar-refractivity contribution in [2.24, 2.45) is 0 Å². The zero-order valence-corrected chi connectivity index (χ0v) is 16.2. The molecule has 0 radical (unpaired) electrons. The summed E-state index contributed by atoms with van der Waals surface area (Å²) < 4.78 is 6.92. The molecule has 0 aliphatic heterocycles. The number of hydrogen-bond acceptors (Lipinski definition) is 4. The van der Waals surface area contributed by atoms with Gasteiger partial charge in [0.05, 0.1) is 25.3 Å². The first-order valence-corrected chi connectivity index (χ1v) is 9.44. The summed E-state index contributed by atoms with van der Waals surface area (Å²) in [5, 5.41) is 15.0. The van der Waals surface area contributed by atoms with Crippen LogP contribution in [0.4, 0.5) is 0 Å². The smallest absolute Gasteiger partial charge is 0.307 e. The second-order valence-corrected chi connectivity index (χ2v) is 7.12. The van der Waals surface area contributed by atoms with E-state index in [4.69, 9.17) is 4.74 Å². The van der Waals surface area contributed by atoms with E-state index in [-0.39, 0.29) is 5.97 Å². The van der Waals surface area contributed by atoms with Crippen LogP contribution in [-0.2, 0) is 35.3 Å². The fourth-order valence-corrected chi connectivity index (χ4v) is 4.00. The molecule has 5 heteroatoms. The molecule has 1 aromatic heterocycles. The van der Waals surface area contributed by atoms with E-state index in [1.165, 1.54) is 16.7 Å². The SMILES string of the molecule is CCOC(=O)CCn1nc(C)c(Cc2cc(C)c(O)c3c2CCC3)c1C. The predicted octanol–water partition coefficient (Wildman–Crippen LogP) is 3.55. The molecule has 1 aromatic carbocycles. The van der Waals surface area contributed by atoms with Crippen molar-refractivity contribution in [2.75, 3.05) is 6.61 Å². The van der Waals surface area contributed by atoms with Crippen molar-refractivity contribution >= 4 is 5.97 Å². The van der Waals surface area contributed by atoms with Gasteiger partial charge in [-0.25, -0.2) is 0 Å². The summed E-state index contributed by atoms with van der Waals surface area (Å²) in [6.45, 7) is 8.83. The van der Waals surface area contributed by atoms with Gasteiger partial charge < -0.3 is 9.84 Å². The molecular formula is C21H28N2O3. The lowest BCUT2D eigenvalue weighted by Gasteiger charge is -2.13. The van der Waals surface area contributed by atoms with E-state index >= 15 is 0 Å². The molecule has 0 atom stereocenters. The number of aromatic nitrogens is 2. The maximum absolute atomic E-state index is 11.6. The Morgan fingerprint density at radius 2 is 2.00 bits per heavy atom. The van der Waals surface area contributed by atoms with E-state index in [0.29, 0.717) is 25.3 Å². The number of carbonyl (C=O) groups is 1. The van der Waals surface area contributed by atoms with Crippen LogP contribution in [0.25, 0.3) is 0 Å². The minimum Gasteiger partial charge on any atom is -0.507 e. The summed E-state index contributed by atoms with van der Waals surface area (Å²) in [5.74, 6) is 0.286. The third-order valence-electron chi connectivity index (χ3n) is 5.39. The van der Waals surface area contributed by atoms with Gasteiger partial charge in [0.2, 0.25) is 0 Å². The van der Waals surface area contributed by atoms with E-state index < -0.39 is 0 Å². The predicted molar refractivity (Wildman–Crippen MR) is 101 cm³/mol. The quantitative estimate of drug-likeness (QED) is 0.804. The average Bonchev–Trinajstić information content (AvgIpc) is 3.18. The number of carbonyl (C=O) groups excluding carboxylic acids is 1. The molecular weight excluding hydrogens is 328 g/mol. The van der Waals surface area contributed by atoms with Crippen LogP contribution >= 0.6 is 0 Å². The number of ether oxygens (including phenoxy) is 1. The first-order valence-electron chi connectivity index (χ1n) is 9.44. The highest BCUT2D eigenvalue weighted by Gasteiger charge is 2.22. The van der Waals surface area contributed by atoms with Crippen molar-refractivity contribution in [1.82, 2.24) is 9.78 Å². The molecule has 0 amide bonds. The molecule has 1 heterocycles. The molecule has 0 spiro atoms. The number of fused-ring (bicyclic) bond motifs is 1. The Bertz CT molecular complexity index is 837. The van der Waals surface area contributed by atoms with Crippen LogP contribution in [-0.4, -0.2) is 27.5 Å². The van der Waals surface area contributed by atoms with Crippen molar-refractivity contribution in [3.63, 3.8) is 0 Å². The Labute approximate surface area is 155 Å². The molecule has 0 unspecified atom stereocenters. The van der Waals surface area contributed by atoms with Crippen molar-refractivity contribution in [3.05, 3.63) is 45.3 Å². The second-order valence-electron chi connectivity index (χ2n) is 7.12. The van der Waals surface area contributed by atoms with Gasteiger partial charge in [-0.2, -0.15) is 5.10 Å². The summed E-state index contributed by atoms with van der Waals surface area (Å²) in [7, 11) is 0. The van der Waals surface area contributed by atoms with Crippen molar-refractivity contribution in [3.8, 4) is 5.75 Å². The average molecular weight is 356 g/mol. The van der Waals surface area contributed by atoms with Crippen LogP contribution in [0.2, 0.25) is 0 Å². The highest BCUT2D eigenvalue weighted by Crippen LogP contribution is 2.36. The number of phenols is 1. The number of benzene rings is 1. The number of rotatable bonds is 6. The van der Waals surface area contributed by atoms with Crippen LogP contribution in [0.1, 0.15) is 59.0 Å². The van der Waals surface area contributed by atoms with Crippen LogP contribution in [0.3, 0.4) is 0 Å². The number of nitrogens with zero attached hydrogens (tertiary/aromatic N) is 2. The minimum atomic E-state index is -0.186. The molecule has 2 aromatic rings. The number of aryl methyl sites for hydroxylation is 3. The Morgan fingerprint density at radius 1 is 1.27 bits per heavy atom. The summed E-state index contributed by atoms with van der Waals surface area (Å²) in [6, 6.07) is 2.12. The maximum atomic E-state index is 11.6. The lowest BCUT2D eigenvalue weighted by Crippen LogP contribution is -2.11. The van der Waals surface area contributed by atoms with Gasteiger partial charge in [0, 0.05) is 17.7 Å². The van der Waals surface area contributed by atoms with Crippen molar-refractivity contribution < 1.29 is 14.6 Å². The monoisotopic (exact) mass is 356 g/mol. The number of aromatic hydroxyl groups is 1. The first-order chi connectivity index (χ1) is 12.4. The van der Waals surface area contributed by atoms with Gasteiger partial charge in [-0.1, -0.05) is 6.07 Å². The molecule has 26 heavy (non-hydrogen) atoms. The van der Waals surface area contributed by atoms with Crippen LogP contribution < -0.4 is 0 Å². The molecule has 0 saturated heterocycles. The lowest BCUT2D eigenvalue weighted by molar-refractivity contribution is -0.143. The van der Waals surface area contributed by atoms with Gasteiger partial charge in [-0.05, 0) is 69.2 Å². The Balaban J connectivity index is 1.84. The summed E-state index contributed by atoms with van der Waals surface area (Å²) in [4.78, 5) is 11.6. The first kappa shape index (κ1) is 18.5. The number of esters is 1. The Morgan fingerprint density at radius 3 is 2.73 bits per heavy atom. The Kier molecular flexibility index (Phi) is 5.35. The standard InChI is InChI=1S/C21H28N2O3/c1-5-26-20(24)9-10-23-15(4)19(14(3)22-23)12-16-11-13(2)21(25)18-8-6-7-17(16)18/h11,25H,5-10,12H2,1-4H3.